The van der Waals surface area contributed by atoms with Crippen molar-refractivity contribution in [1.82, 2.24) is 0 Å². The molecular weight excluding hydrogens is 312 g/mol. The maximum absolute atomic E-state index is 11.9. The van der Waals surface area contributed by atoms with Gasteiger partial charge in [0.2, 0.25) is 6.19 Å². The van der Waals surface area contributed by atoms with Gasteiger partial charge in [-0.05, 0) is 35.7 Å². The molecule has 0 aromatic heterocycles. The molecule has 0 saturated carbocycles. The lowest BCUT2D eigenvalue weighted by molar-refractivity contribution is 0.104. The van der Waals surface area contributed by atoms with Crippen LogP contribution in [0.3, 0.4) is 0 Å². The minimum absolute atomic E-state index is 0.111. The Hall–Kier alpha value is -1.22. The molecule has 0 radical (unpaired) electrons. The molecule has 1 rings (SSSR count). The predicted molar refractivity (Wildman–Crippen MR) is 88.3 cm³/mol. The van der Waals surface area contributed by atoms with E-state index in [0.29, 0.717) is 20.2 Å². The smallest absolute Gasteiger partial charge is 0.207 e. The van der Waals surface area contributed by atoms with E-state index < -0.39 is 0 Å². The lowest BCUT2D eigenvalue weighted by Crippen LogP contribution is -1.94. The van der Waals surface area contributed by atoms with E-state index in [-0.39, 0.29) is 5.78 Å². The molecule has 0 heterocycles. The summed E-state index contributed by atoms with van der Waals surface area (Å²) in [7, 11) is 0. The summed E-state index contributed by atoms with van der Waals surface area (Å²) in [6.07, 6.45) is 3.22. The second kappa shape index (κ2) is 8.85. The van der Waals surface area contributed by atoms with Gasteiger partial charge < -0.3 is 0 Å². The Morgan fingerprint density at radius 3 is 2.60 bits per heavy atom. The Bertz CT molecular complexity index is 560. The fraction of sp³-hybridized carbons (Fsp3) is 0.214. The van der Waals surface area contributed by atoms with Gasteiger partial charge in [0, 0.05) is 15.8 Å². The predicted octanol–water partition coefficient (Wildman–Crippen LogP) is 4.75. The van der Waals surface area contributed by atoms with E-state index in [0.717, 1.165) is 0 Å². The molecule has 1 aromatic rings. The van der Waals surface area contributed by atoms with Gasteiger partial charge in [0.15, 0.2) is 5.78 Å². The summed E-state index contributed by atoms with van der Waals surface area (Å²) in [5.74, 6) is -0.111. The number of carbonyl (C=O) groups is 1. The Kier molecular flexibility index (Phi) is 7.45. The normalized spacial score (nSPS) is 11.8. The molecule has 0 bridgehead atoms. The minimum atomic E-state index is -0.111. The Balaban J connectivity index is 2.63. The first-order valence-corrected chi connectivity index (χ1v) is 7.93. The van der Waals surface area contributed by atoms with Crippen LogP contribution in [0.15, 0.2) is 40.7 Å². The number of rotatable bonds is 4. The molecule has 6 heteroatoms. The van der Waals surface area contributed by atoms with Crippen molar-refractivity contribution < 1.29 is 4.79 Å². The molecule has 0 saturated heterocycles. The third kappa shape index (κ3) is 6.29. The standard InChI is InChI=1S/C14H13ClN2OS2/c1-10(2)20-14(17-9-16)19-8-7-13(18)11-3-5-12(15)6-4-11/h3-8,10H,1-2H3. The summed E-state index contributed by atoms with van der Waals surface area (Å²) < 4.78 is 0.627. The first-order chi connectivity index (χ1) is 9.52. The van der Waals surface area contributed by atoms with Crippen LogP contribution < -0.4 is 0 Å². The third-order valence-corrected chi connectivity index (χ3v) is 4.15. The molecule has 0 fully saturated rings. The summed E-state index contributed by atoms with van der Waals surface area (Å²) >= 11 is 8.51. The van der Waals surface area contributed by atoms with E-state index in [2.05, 4.69) is 4.99 Å². The van der Waals surface area contributed by atoms with Gasteiger partial charge in [0.1, 0.15) is 4.38 Å². The summed E-state index contributed by atoms with van der Waals surface area (Å²) in [6.45, 7) is 4.03. The highest BCUT2D eigenvalue weighted by atomic mass is 35.5. The number of aliphatic imine (C=N–C) groups is 1. The molecule has 20 heavy (non-hydrogen) atoms. The monoisotopic (exact) mass is 324 g/mol. The van der Waals surface area contributed by atoms with Gasteiger partial charge in [0.05, 0.1) is 0 Å². The first-order valence-electron chi connectivity index (χ1n) is 5.79. The van der Waals surface area contributed by atoms with Crippen molar-refractivity contribution in [3.63, 3.8) is 0 Å². The van der Waals surface area contributed by atoms with Crippen LogP contribution in [0.25, 0.3) is 0 Å². The molecule has 3 nitrogen and oxygen atoms in total. The number of ketones is 1. The number of nitriles is 1. The van der Waals surface area contributed by atoms with Gasteiger partial charge in [0.25, 0.3) is 0 Å². The number of benzene rings is 1. The van der Waals surface area contributed by atoms with Crippen molar-refractivity contribution in [2.75, 3.05) is 0 Å². The fourth-order valence-corrected chi connectivity index (χ4v) is 3.18. The minimum Gasteiger partial charge on any atom is -0.289 e. The SMILES string of the molecule is CC(C)SC(=NC#N)SC=CC(=O)c1ccc(Cl)cc1. The number of halogens is 1. The van der Waals surface area contributed by atoms with Gasteiger partial charge in [-0.2, -0.15) is 10.3 Å². The van der Waals surface area contributed by atoms with Crippen molar-refractivity contribution in [3.8, 4) is 6.19 Å². The molecule has 0 aliphatic heterocycles. The van der Waals surface area contributed by atoms with Crippen molar-refractivity contribution >= 4 is 45.3 Å². The zero-order chi connectivity index (χ0) is 15.0. The molecule has 0 N–H and O–H groups in total. The number of carbonyl (C=O) groups excluding carboxylic acids is 1. The molecule has 0 amide bonds. The molecule has 0 aliphatic rings. The highest BCUT2D eigenvalue weighted by Crippen LogP contribution is 2.22. The van der Waals surface area contributed by atoms with E-state index >= 15 is 0 Å². The zero-order valence-corrected chi connectivity index (χ0v) is 13.4. The summed E-state index contributed by atoms with van der Waals surface area (Å²) in [5.41, 5.74) is 0.571. The van der Waals surface area contributed by atoms with E-state index in [4.69, 9.17) is 16.9 Å². The lowest BCUT2D eigenvalue weighted by Gasteiger charge is -2.03. The summed E-state index contributed by atoms with van der Waals surface area (Å²) in [5, 5.41) is 11.2. The maximum Gasteiger partial charge on any atom is 0.207 e. The van der Waals surface area contributed by atoms with E-state index in [1.807, 2.05) is 13.8 Å². The molecular formula is C14H13ClN2OS2. The largest absolute Gasteiger partial charge is 0.289 e. The quantitative estimate of drug-likeness (QED) is 0.264. The number of nitrogens with zero attached hydrogens (tertiary/aromatic N) is 2. The summed E-state index contributed by atoms with van der Waals surface area (Å²) in [4.78, 5) is 15.6. The average molecular weight is 325 g/mol. The van der Waals surface area contributed by atoms with E-state index in [1.54, 1.807) is 35.9 Å². The van der Waals surface area contributed by atoms with Gasteiger partial charge >= 0.3 is 0 Å². The van der Waals surface area contributed by atoms with Gasteiger partial charge in [-0.1, -0.05) is 49.0 Å². The Labute approximate surface area is 132 Å². The number of thioether (sulfide) groups is 2. The average Bonchev–Trinajstić information content (AvgIpc) is 2.39. The Morgan fingerprint density at radius 2 is 2.05 bits per heavy atom. The van der Waals surface area contributed by atoms with Crippen LogP contribution in [0.5, 0.6) is 0 Å². The second-order valence-corrected chi connectivity index (χ2v) is 7.09. The van der Waals surface area contributed by atoms with Gasteiger partial charge in [-0.15, -0.1) is 0 Å². The van der Waals surface area contributed by atoms with Crippen LogP contribution in [0.1, 0.15) is 24.2 Å². The van der Waals surface area contributed by atoms with Crippen LogP contribution in [0.4, 0.5) is 0 Å². The number of allylic oxidation sites excluding steroid dienone is 1. The zero-order valence-electron chi connectivity index (χ0n) is 11.0. The third-order valence-electron chi connectivity index (χ3n) is 1.99. The van der Waals surface area contributed by atoms with Crippen molar-refractivity contribution in [2.45, 2.75) is 19.1 Å². The van der Waals surface area contributed by atoms with Crippen LogP contribution in [-0.4, -0.2) is 15.4 Å². The number of hydrogen-bond donors (Lipinski definition) is 0. The molecule has 104 valence electrons. The first kappa shape index (κ1) is 16.8. The van der Waals surface area contributed by atoms with Gasteiger partial charge in [-0.3, -0.25) is 4.79 Å². The molecule has 0 unspecified atom stereocenters. The van der Waals surface area contributed by atoms with Crippen LogP contribution in [-0.2, 0) is 0 Å². The number of hydrogen-bond acceptors (Lipinski definition) is 5. The van der Waals surface area contributed by atoms with Crippen LogP contribution >= 0.6 is 35.1 Å². The van der Waals surface area contributed by atoms with Crippen LogP contribution in [0.2, 0.25) is 5.02 Å². The topological polar surface area (TPSA) is 53.2 Å². The molecule has 0 spiro atoms. The van der Waals surface area contributed by atoms with Crippen molar-refractivity contribution in [1.29, 1.82) is 5.26 Å². The molecule has 0 aliphatic carbocycles. The van der Waals surface area contributed by atoms with Gasteiger partial charge in [-0.25, -0.2) is 0 Å². The van der Waals surface area contributed by atoms with Crippen LogP contribution in [0, 0.1) is 11.5 Å². The summed E-state index contributed by atoms with van der Waals surface area (Å²) in [6, 6.07) is 6.69. The highest BCUT2D eigenvalue weighted by molar-refractivity contribution is 8.40. The molecule has 1 aromatic carbocycles. The lowest BCUT2D eigenvalue weighted by atomic mass is 10.1. The van der Waals surface area contributed by atoms with Crippen molar-refractivity contribution in [3.05, 3.63) is 46.3 Å². The van der Waals surface area contributed by atoms with E-state index in [9.17, 15) is 4.79 Å². The molecule has 0 atom stereocenters. The fourth-order valence-electron chi connectivity index (χ4n) is 1.19. The Morgan fingerprint density at radius 1 is 1.40 bits per heavy atom. The second-order valence-electron chi connectivity index (χ2n) is 3.94. The maximum atomic E-state index is 11.9. The van der Waals surface area contributed by atoms with Crippen molar-refractivity contribution in [2.24, 2.45) is 4.99 Å². The van der Waals surface area contributed by atoms with E-state index in [1.165, 1.54) is 29.6 Å². The highest BCUT2D eigenvalue weighted by Gasteiger charge is 2.05.